The number of hydrogen-bond donors (Lipinski definition) is 3. The van der Waals surface area contributed by atoms with Crippen LogP contribution in [0, 0.1) is 11.1 Å². The van der Waals surface area contributed by atoms with E-state index in [1.807, 2.05) is 39.9 Å². The van der Waals surface area contributed by atoms with Crippen molar-refractivity contribution in [3.63, 3.8) is 0 Å². The first-order valence-electron chi connectivity index (χ1n) is 10.9. The second kappa shape index (κ2) is 8.14. The van der Waals surface area contributed by atoms with E-state index in [9.17, 15) is 24.8 Å². The number of amides is 2. The molecule has 1 aromatic carbocycles. The lowest BCUT2D eigenvalue weighted by atomic mass is 9.83. The van der Waals surface area contributed by atoms with Crippen LogP contribution in [0.25, 0.3) is 10.9 Å². The second-order valence-corrected chi connectivity index (χ2v) is 8.85. The van der Waals surface area contributed by atoms with Gasteiger partial charge in [-0.15, -0.1) is 0 Å². The van der Waals surface area contributed by atoms with Gasteiger partial charge in [0, 0.05) is 55.8 Å². The van der Waals surface area contributed by atoms with Crippen LogP contribution < -0.4 is 16.1 Å². The summed E-state index contributed by atoms with van der Waals surface area (Å²) in [6.45, 7) is 3.09. The Morgan fingerprint density at radius 2 is 2.00 bits per heavy atom. The molecule has 0 radical (unpaired) electrons. The highest BCUT2D eigenvalue weighted by Crippen LogP contribution is 2.35. The molecule has 0 aliphatic carbocycles. The molecule has 5 rings (SSSR count). The third kappa shape index (κ3) is 3.82. The number of nitrogens with zero attached hydrogens (tertiary/aromatic N) is 3. The summed E-state index contributed by atoms with van der Waals surface area (Å²) in [4.78, 5) is 39.1. The van der Waals surface area contributed by atoms with Gasteiger partial charge in [-0.2, -0.15) is 5.23 Å². The highest BCUT2D eigenvalue weighted by Gasteiger charge is 2.37. The zero-order valence-electron chi connectivity index (χ0n) is 18.2. The van der Waals surface area contributed by atoms with Crippen molar-refractivity contribution in [2.24, 2.45) is 5.92 Å². The van der Waals surface area contributed by atoms with Crippen molar-refractivity contribution in [1.82, 2.24) is 14.0 Å². The zero-order valence-corrected chi connectivity index (χ0v) is 18.2. The SMILES string of the molecule is CC(=O)Nc1cccc2c1ccn2CC(=O)N1C[C@H]2C[C@@H](C1)c1ccc([NH+]([O-])O)c(=O)n1C2. The van der Waals surface area contributed by atoms with Crippen molar-refractivity contribution in [1.29, 1.82) is 0 Å². The van der Waals surface area contributed by atoms with Gasteiger partial charge in [-0.05, 0) is 36.6 Å². The molecule has 1 fully saturated rings. The average Bonchev–Trinajstić information content (AvgIpc) is 3.17. The van der Waals surface area contributed by atoms with Gasteiger partial charge in [0.1, 0.15) is 6.54 Å². The summed E-state index contributed by atoms with van der Waals surface area (Å²) < 4.78 is 3.46. The fourth-order valence-corrected chi connectivity index (χ4v) is 5.22. The van der Waals surface area contributed by atoms with Gasteiger partial charge in [0.05, 0.1) is 11.2 Å². The Bertz CT molecular complexity index is 1310. The molecule has 33 heavy (non-hydrogen) atoms. The molecule has 3 atom stereocenters. The lowest BCUT2D eigenvalue weighted by Gasteiger charge is -2.43. The molecule has 3 N–H and O–H groups in total. The molecular weight excluding hydrogens is 426 g/mol. The predicted octanol–water partition coefficient (Wildman–Crippen LogP) is 0.811. The first-order valence-corrected chi connectivity index (χ1v) is 10.9. The largest absolute Gasteiger partial charge is 0.595 e. The third-order valence-electron chi connectivity index (χ3n) is 6.62. The lowest BCUT2D eigenvalue weighted by molar-refractivity contribution is -0.992. The van der Waals surface area contributed by atoms with Gasteiger partial charge in [-0.1, -0.05) is 6.07 Å². The number of likely N-dealkylation sites (tertiary alicyclic amines) is 1. The Kier molecular flexibility index (Phi) is 5.28. The summed E-state index contributed by atoms with van der Waals surface area (Å²) in [5.41, 5.74) is 1.68. The van der Waals surface area contributed by atoms with E-state index in [0.717, 1.165) is 23.0 Å². The number of aromatic nitrogens is 2. The standard InChI is InChI=1S/C23H25N5O5/c1-14(29)24-18-3-2-4-20-17(18)7-8-25(20)13-22(30)26-10-15-9-16(12-26)19-5-6-21(28(32)33)23(31)27(19)11-15/h2-8,15-16,28,32H,9-13H2,1H3,(H,24,29)/t15-,16+/m1/s1. The van der Waals surface area contributed by atoms with Crippen LogP contribution in [0.15, 0.2) is 47.4 Å². The van der Waals surface area contributed by atoms with Gasteiger partial charge in [0.15, 0.2) is 0 Å². The van der Waals surface area contributed by atoms with Gasteiger partial charge in [0.2, 0.25) is 17.5 Å². The summed E-state index contributed by atoms with van der Waals surface area (Å²) >= 11 is 0. The van der Waals surface area contributed by atoms with Crippen molar-refractivity contribution in [3.05, 3.63) is 63.9 Å². The molecule has 0 saturated carbocycles. The third-order valence-corrected chi connectivity index (χ3v) is 6.62. The number of carbonyl (C=O) groups is 2. The van der Waals surface area contributed by atoms with Crippen LogP contribution in [-0.4, -0.2) is 44.1 Å². The van der Waals surface area contributed by atoms with Crippen molar-refractivity contribution < 1.29 is 20.0 Å². The van der Waals surface area contributed by atoms with Crippen LogP contribution in [0.4, 0.5) is 11.4 Å². The molecule has 10 heteroatoms. The normalized spacial score (nSPS) is 20.4. The quantitative estimate of drug-likeness (QED) is 0.507. The number of hydrogen-bond acceptors (Lipinski definition) is 5. The maximum atomic E-state index is 13.2. The molecule has 2 aliphatic rings. The van der Waals surface area contributed by atoms with Crippen LogP contribution in [0.3, 0.4) is 0 Å². The van der Waals surface area contributed by atoms with Gasteiger partial charge >= 0.3 is 5.56 Å². The Balaban J connectivity index is 1.36. The molecular formula is C23H25N5O5. The highest BCUT2D eigenvalue weighted by atomic mass is 16.8. The number of nitrogens with one attached hydrogen (secondary N) is 2. The number of carbonyl (C=O) groups excluding carboxylic acids is 2. The summed E-state index contributed by atoms with van der Waals surface area (Å²) in [5, 5.41) is 23.0. The fourth-order valence-electron chi connectivity index (χ4n) is 5.22. The topological polar surface area (TPSA) is 124 Å². The molecule has 1 saturated heterocycles. The Morgan fingerprint density at radius 1 is 1.18 bits per heavy atom. The number of rotatable bonds is 4. The van der Waals surface area contributed by atoms with Gasteiger partial charge in [-0.25, -0.2) is 5.21 Å². The van der Waals surface area contributed by atoms with Crippen LogP contribution in [0.2, 0.25) is 0 Å². The first kappa shape index (κ1) is 21.4. The highest BCUT2D eigenvalue weighted by molar-refractivity contribution is 6.01. The van der Waals surface area contributed by atoms with E-state index in [0.29, 0.717) is 25.3 Å². The van der Waals surface area contributed by atoms with Crippen LogP contribution in [0.1, 0.15) is 25.0 Å². The maximum Gasteiger partial charge on any atom is 0.315 e. The van der Waals surface area contributed by atoms with E-state index in [1.54, 1.807) is 10.6 Å². The van der Waals surface area contributed by atoms with Gasteiger partial charge < -0.3 is 24.6 Å². The summed E-state index contributed by atoms with van der Waals surface area (Å²) in [7, 11) is 0. The predicted molar refractivity (Wildman–Crippen MR) is 120 cm³/mol. The molecule has 1 unspecified atom stereocenters. The average molecular weight is 451 g/mol. The van der Waals surface area contributed by atoms with Gasteiger partial charge in [0.25, 0.3) is 0 Å². The minimum atomic E-state index is -1.22. The lowest BCUT2D eigenvalue weighted by Crippen LogP contribution is -3.00. The van der Waals surface area contributed by atoms with Crippen molar-refractivity contribution in [3.8, 4) is 0 Å². The van der Waals surface area contributed by atoms with Crippen molar-refractivity contribution in [2.45, 2.75) is 32.4 Å². The van der Waals surface area contributed by atoms with Crippen LogP contribution in [0.5, 0.6) is 0 Å². The minimum Gasteiger partial charge on any atom is -0.595 e. The number of quaternary nitrogens is 1. The van der Waals surface area contributed by atoms with Crippen molar-refractivity contribution in [2.75, 3.05) is 18.4 Å². The number of piperidine rings is 1. The molecule has 172 valence electrons. The second-order valence-electron chi connectivity index (χ2n) is 8.85. The molecule has 4 heterocycles. The van der Waals surface area contributed by atoms with E-state index in [2.05, 4.69) is 5.32 Å². The van der Waals surface area contributed by atoms with E-state index < -0.39 is 10.8 Å². The number of benzene rings is 1. The summed E-state index contributed by atoms with van der Waals surface area (Å²) in [6.07, 6.45) is 2.73. The number of pyridine rings is 1. The molecule has 2 aromatic heterocycles. The van der Waals surface area contributed by atoms with E-state index in [-0.39, 0.29) is 35.9 Å². The monoisotopic (exact) mass is 451 g/mol. The summed E-state index contributed by atoms with van der Waals surface area (Å²) in [5.74, 6) is -0.0504. The van der Waals surface area contributed by atoms with E-state index >= 15 is 0 Å². The van der Waals surface area contributed by atoms with Crippen molar-refractivity contribution >= 4 is 34.1 Å². The molecule has 2 amide bonds. The number of anilines is 1. The Hall–Kier alpha value is -3.47. The van der Waals surface area contributed by atoms with Crippen LogP contribution in [-0.2, 0) is 22.7 Å². The molecule has 2 aliphatic heterocycles. The Morgan fingerprint density at radius 3 is 2.76 bits per heavy atom. The Labute approximate surface area is 189 Å². The van der Waals surface area contributed by atoms with E-state index in [1.165, 1.54) is 13.0 Å². The zero-order chi connectivity index (χ0) is 23.3. The number of fused-ring (bicyclic) bond motifs is 5. The van der Waals surface area contributed by atoms with E-state index in [4.69, 9.17) is 0 Å². The fraction of sp³-hybridized carbons (Fsp3) is 0.348. The molecule has 0 spiro atoms. The summed E-state index contributed by atoms with van der Waals surface area (Å²) in [6, 6.07) is 10.6. The van der Waals surface area contributed by atoms with Gasteiger partial charge in [-0.3, -0.25) is 14.4 Å². The maximum absolute atomic E-state index is 13.2. The molecule has 3 aromatic rings. The molecule has 2 bridgehead atoms. The smallest absolute Gasteiger partial charge is 0.315 e. The minimum absolute atomic E-state index is 0.00442. The van der Waals surface area contributed by atoms with Crippen LogP contribution >= 0.6 is 0 Å². The molecule has 10 nitrogen and oxygen atoms in total. The first-order chi connectivity index (χ1) is 15.8.